The van der Waals surface area contributed by atoms with Gasteiger partial charge in [-0.1, -0.05) is 29.3 Å². The zero-order chi connectivity index (χ0) is 9.14. The molecular formula is C9H12Cl3N. The van der Waals surface area contributed by atoms with Crippen LogP contribution in [0.3, 0.4) is 0 Å². The molecule has 0 aromatic heterocycles. The maximum absolute atomic E-state index is 5.85. The Morgan fingerprint density at radius 3 is 2.23 bits per heavy atom. The standard InChI is InChI=1S/C9H11Cl2N.ClH/c1-12(2)6-7-3-4-8(10)9(11)5-7;/h3-5H,6H2,1-2H3;1H. The minimum atomic E-state index is 0. The molecule has 0 aliphatic rings. The normalized spacial score (nSPS) is 9.92. The number of hydrogen-bond donors (Lipinski definition) is 0. The molecule has 0 aliphatic heterocycles. The lowest BCUT2D eigenvalue weighted by atomic mass is 10.2. The summed E-state index contributed by atoms with van der Waals surface area (Å²) in [6.07, 6.45) is 0. The van der Waals surface area contributed by atoms with Crippen molar-refractivity contribution in [3.05, 3.63) is 33.8 Å². The molecule has 0 spiro atoms. The van der Waals surface area contributed by atoms with Gasteiger partial charge in [0.2, 0.25) is 0 Å². The van der Waals surface area contributed by atoms with Crippen LogP contribution in [-0.4, -0.2) is 19.0 Å². The predicted molar refractivity (Wildman–Crippen MR) is 61.1 cm³/mol. The third-order valence-electron chi connectivity index (χ3n) is 1.48. The van der Waals surface area contributed by atoms with Crippen LogP contribution in [-0.2, 0) is 6.54 Å². The van der Waals surface area contributed by atoms with Crippen LogP contribution in [0.4, 0.5) is 0 Å². The van der Waals surface area contributed by atoms with Crippen molar-refractivity contribution in [3.63, 3.8) is 0 Å². The van der Waals surface area contributed by atoms with E-state index in [0.717, 1.165) is 6.54 Å². The summed E-state index contributed by atoms with van der Waals surface area (Å²) in [6.45, 7) is 0.886. The van der Waals surface area contributed by atoms with Gasteiger partial charge in [0, 0.05) is 6.54 Å². The molecule has 0 radical (unpaired) electrons. The van der Waals surface area contributed by atoms with Crippen molar-refractivity contribution in [2.45, 2.75) is 6.54 Å². The first-order valence-corrected chi connectivity index (χ1v) is 4.44. The first kappa shape index (κ1) is 13.1. The predicted octanol–water partition coefficient (Wildman–Crippen LogP) is 3.48. The van der Waals surface area contributed by atoms with E-state index in [-0.39, 0.29) is 12.4 Å². The van der Waals surface area contributed by atoms with Crippen molar-refractivity contribution in [1.29, 1.82) is 0 Å². The monoisotopic (exact) mass is 239 g/mol. The van der Waals surface area contributed by atoms with Gasteiger partial charge >= 0.3 is 0 Å². The highest BCUT2D eigenvalue weighted by atomic mass is 35.5. The molecule has 74 valence electrons. The summed E-state index contributed by atoms with van der Waals surface area (Å²) < 4.78 is 0. The fourth-order valence-electron chi connectivity index (χ4n) is 1.00. The summed E-state index contributed by atoms with van der Waals surface area (Å²) in [6, 6.07) is 5.70. The molecule has 0 saturated heterocycles. The summed E-state index contributed by atoms with van der Waals surface area (Å²) in [5.41, 5.74) is 1.18. The molecular weight excluding hydrogens is 228 g/mol. The zero-order valence-electron chi connectivity index (χ0n) is 7.55. The third kappa shape index (κ3) is 4.19. The largest absolute Gasteiger partial charge is 0.305 e. The highest BCUT2D eigenvalue weighted by Crippen LogP contribution is 2.22. The van der Waals surface area contributed by atoms with Gasteiger partial charge in [0.05, 0.1) is 10.0 Å². The minimum Gasteiger partial charge on any atom is -0.305 e. The Labute approximate surface area is 95.0 Å². The molecule has 13 heavy (non-hydrogen) atoms. The van der Waals surface area contributed by atoms with Gasteiger partial charge in [0.15, 0.2) is 0 Å². The Morgan fingerprint density at radius 1 is 1.15 bits per heavy atom. The molecule has 1 nitrogen and oxygen atoms in total. The van der Waals surface area contributed by atoms with E-state index < -0.39 is 0 Å². The van der Waals surface area contributed by atoms with Gasteiger partial charge in [-0.15, -0.1) is 12.4 Å². The van der Waals surface area contributed by atoms with Crippen LogP contribution in [0.1, 0.15) is 5.56 Å². The SMILES string of the molecule is CN(C)Cc1ccc(Cl)c(Cl)c1.Cl. The highest BCUT2D eigenvalue weighted by Gasteiger charge is 1.99. The van der Waals surface area contributed by atoms with Crippen LogP contribution < -0.4 is 0 Å². The number of benzene rings is 1. The second-order valence-electron chi connectivity index (χ2n) is 2.99. The first-order valence-electron chi connectivity index (χ1n) is 3.68. The van der Waals surface area contributed by atoms with Crippen LogP contribution in [0.15, 0.2) is 18.2 Å². The summed E-state index contributed by atoms with van der Waals surface area (Å²) in [4.78, 5) is 2.08. The Balaban J connectivity index is 0.00000144. The fourth-order valence-corrected chi connectivity index (χ4v) is 1.32. The molecule has 0 unspecified atom stereocenters. The average molecular weight is 241 g/mol. The lowest BCUT2D eigenvalue weighted by Gasteiger charge is -2.09. The highest BCUT2D eigenvalue weighted by molar-refractivity contribution is 6.42. The molecule has 0 atom stereocenters. The number of hydrogen-bond acceptors (Lipinski definition) is 1. The van der Waals surface area contributed by atoms with Crippen LogP contribution >= 0.6 is 35.6 Å². The smallest absolute Gasteiger partial charge is 0.0595 e. The van der Waals surface area contributed by atoms with E-state index in [0.29, 0.717) is 10.0 Å². The van der Waals surface area contributed by atoms with E-state index in [1.165, 1.54) is 5.56 Å². The van der Waals surface area contributed by atoms with Crippen LogP contribution in [0.5, 0.6) is 0 Å². The molecule has 0 fully saturated rings. The molecule has 0 aliphatic carbocycles. The Kier molecular flexibility index (Phi) is 5.73. The minimum absolute atomic E-state index is 0. The molecule has 0 amide bonds. The van der Waals surface area contributed by atoms with E-state index in [2.05, 4.69) is 4.90 Å². The van der Waals surface area contributed by atoms with E-state index >= 15 is 0 Å². The second-order valence-corrected chi connectivity index (χ2v) is 3.80. The molecule has 0 bridgehead atoms. The van der Waals surface area contributed by atoms with E-state index in [1.54, 1.807) is 0 Å². The first-order chi connectivity index (χ1) is 5.59. The van der Waals surface area contributed by atoms with Crippen molar-refractivity contribution in [2.24, 2.45) is 0 Å². The van der Waals surface area contributed by atoms with E-state index in [9.17, 15) is 0 Å². The quantitative estimate of drug-likeness (QED) is 0.765. The van der Waals surface area contributed by atoms with Crippen molar-refractivity contribution >= 4 is 35.6 Å². The molecule has 1 rings (SSSR count). The maximum atomic E-state index is 5.85. The average Bonchev–Trinajstić information content (AvgIpc) is 1.96. The molecule has 1 aromatic rings. The van der Waals surface area contributed by atoms with Crippen molar-refractivity contribution in [3.8, 4) is 0 Å². The van der Waals surface area contributed by atoms with Gasteiger partial charge in [0.25, 0.3) is 0 Å². The fraction of sp³-hybridized carbons (Fsp3) is 0.333. The summed E-state index contributed by atoms with van der Waals surface area (Å²) >= 11 is 11.6. The van der Waals surface area contributed by atoms with Gasteiger partial charge in [-0.3, -0.25) is 0 Å². The summed E-state index contributed by atoms with van der Waals surface area (Å²) in [5.74, 6) is 0. The van der Waals surface area contributed by atoms with Gasteiger partial charge < -0.3 is 4.90 Å². The van der Waals surface area contributed by atoms with Crippen molar-refractivity contribution in [1.82, 2.24) is 4.90 Å². The van der Waals surface area contributed by atoms with Gasteiger partial charge in [-0.05, 0) is 31.8 Å². The zero-order valence-corrected chi connectivity index (χ0v) is 9.88. The number of nitrogens with zero attached hydrogens (tertiary/aromatic N) is 1. The van der Waals surface area contributed by atoms with Gasteiger partial charge in [-0.2, -0.15) is 0 Å². The Bertz CT molecular complexity index is 274. The van der Waals surface area contributed by atoms with Crippen LogP contribution in [0.25, 0.3) is 0 Å². The van der Waals surface area contributed by atoms with E-state index in [4.69, 9.17) is 23.2 Å². The summed E-state index contributed by atoms with van der Waals surface area (Å²) in [5, 5.41) is 1.23. The lowest BCUT2D eigenvalue weighted by Crippen LogP contribution is -2.10. The second kappa shape index (κ2) is 5.71. The Morgan fingerprint density at radius 2 is 1.77 bits per heavy atom. The number of rotatable bonds is 2. The molecule has 0 N–H and O–H groups in total. The van der Waals surface area contributed by atoms with Crippen LogP contribution in [0, 0.1) is 0 Å². The van der Waals surface area contributed by atoms with Crippen molar-refractivity contribution < 1.29 is 0 Å². The van der Waals surface area contributed by atoms with E-state index in [1.807, 2.05) is 32.3 Å². The molecule has 0 saturated carbocycles. The molecule has 0 heterocycles. The summed E-state index contributed by atoms with van der Waals surface area (Å²) in [7, 11) is 4.03. The van der Waals surface area contributed by atoms with Crippen LogP contribution in [0.2, 0.25) is 10.0 Å². The maximum Gasteiger partial charge on any atom is 0.0595 e. The van der Waals surface area contributed by atoms with Gasteiger partial charge in [-0.25, -0.2) is 0 Å². The molecule has 4 heteroatoms. The Hall–Kier alpha value is 0.0500. The van der Waals surface area contributed by atoms with Crippen molar-refractivity contribution in [2.75, 3.05) is 14.1 Å². The lowest BCUT2D eigenvalue weighted by molar-refractivity contribution is 0.402. The number of halogens is 3. The topological polar surface area (TPSA) is 3.24 Å². The molecule has 1 aromatic carbocycles. The van der Waals surface area contributed by atoms with Gasteiger partial charge in [0.1, 0.15) is 0 Å². The third-order valence-corrected chi connectivity index (χ3v) is 2.22.